The molecule has 0 aliphatic carbocycles. The van der Waals surface area contributed by atoms with E-state index < -0.39 is 14.6 Å². The number of fused-ring (bicyclic) bond motifs is 1. The van der Waals surface area contributed by atoms with Crippen molar-refractivity contribution in [3.8, 4) is 11.8 Å². The fourth-order valence-electron chi connectivity index (χ4n) is 5.09. The Bertz CT molecular complexity index is 1250. The summed E-state index contributed by atoms with van der Waals surface area (Å²) in [6.07, 6.45) is 5.91. The SMILES string of the molecule is C[Si](C)OC(CCC(c1ccn(C2=CC(C)(C)Oc3ccc(C#N)cc32)c(=O)c1)C(C)(C)C)C(C)(C)C. The van der Waals surface area contributed by atoms with Crippen LogP contribution in [0.1, 0.15) is 90.8 Å². The summed E-state index contributed by atoms with van der Waals surface area (Å²) in [6, 6.07) is 11.4. The van der Waals surface area contributed by atoms with Crippen LogP contribution in [0, 0.1) is 22.2 Å². The molecule has 2 heterocycles. The maximum absolute atomic E-state index is 13.6. The number of nitrogens with zero attached hydrogens (tertiary/aromatic N) is 2. The van der Waals surface area contributed by atoms with Crippen molar-refractivity contribution in [2.75, 3.05) is 0 Å². The molecule has 0 spiro atoms. The van der Waals surface area contributed by atoms with Crippen molar-refractivity contribution in [1.82, 2.24) is 4.57 Å². The number of benzene rings is 1. The van der Waals surface area contributed by atoms with Crippen molar-refractivity contribution >= 4 is 14.7 Å². The van der Waals surface area contributed by atoms with Gasteiger partial charge in [0, 0.05) is 23.9 Å². The molecule has 0 fully saturated rings. The number of pyridine rings is 1. The van der Waals surface area contributed by atoms with E-state index in [1.54, 1.807) is 22.8 Å². The Hall–Kier alpha value is -2.62. The van der Waals surface area contributed by atoms with Gasteiger partial charge < -0.3 is 9.16 Å². The Morgan fingerprint density at radius 3 is 2.27 bits per heavy atom. The lowest BCUT2D eigenvalue weighted by Gasteiger charge is -2.37. The van der Waals surface area contributed by atoms with E-state index in [-0.39, 0.29) is 28.4 Å². The van der Waals surface area contributed by atoms with Crippen LogP contribution in [0.4, 0.5) is 0 Å². The minimum Gasteiger partial charge on any atom is -0.483 e. The number of hydrogen-bond acceptors (Lipinski definition) is 4. The second-order valence-electron chi connectivity index (χ2n) is 13.1. The normalized spacial score (nSPS) is 16.9. The topological polar surface area (TPSA) is 64.2 Å². The minimum absolute atomic E-state index is 0.0124. The number of ether oxygens (including phenoxy) is 1. The molecule has 0 amide bonds. The first-order chi connectivity index (χ1) is 17.0. The van der Waals surface area contributed by atoms with E-state index in [2.05, 4.69) is 66.8 Å². The Balaban J connectivity index is 1.99. The van der Waals surface area contributed by atoms with Gasteiger partial charge in [0.05, 0.1) is 17.3 Å². The van der Waals surface area contributed by atoms with Gasteiger partial charge in [-0.1, -0.05) is 41.5 Å². The van der Waals surface area contributed by atoms with Crippen LogP contribution >= 0.6 is 0 Å². The van der Waals surface area contributed by atoms with Gasteiger partial charge in [-0.15, -0.1) is 0 Å². The maximum atomic E-state index is 13.6. The molecular weight excluding hydrogens is 476 g/mol. The van der Waals surface area contributed by atoms with Gasteiger partial charge in [-0.25, -0.2) is 0 Å². The summed E-state index contributed by atoms with van der Waals surface area (Å²) in [5.74, 6) is 0.885. The molecule has 2 aromatic rings. The lowest BCUT2D eigenvalue weighted by Crippen LogP contribution is -2.34. The first kappa shape index (κ1) is 28.9. The third-order valence-electron chi connectivity index (χ3n) is 6.95. The Kier molecular flexibility index (Phi) is 8.31. The van der Waals surface area contributed by atoms with Gasteiger partial charge >= 0.3 is 0 Å². The molecule has 1 aromatic carbocycles. The van der Waals surface area contributed by atoms with Crippen LogP contribution in [0.2, 0.25) is 13.1 Å². The molecule has 0 saturated carbocycles. The highest BCUT2D eigenvalue weighted by molar-refractivity contribution is 6.48. The molecule has 5 nitrogen and oxygen atoms in total. The zero-order valence-electron chi connectivity index (χ0n) is 24.2. The Labute approximate surface area is 224 Å². The van der Waals surface area contributed by atoms with E-state index >= 15 is 0 Å². The lowest BCUT2D eigenvalue weighted by molar-refractivity contribution is 0.0706. The fraction of sp³-hybridized carbons (Fsp3) is 0.548. The van der Waals surface area contributed by atoms with Crippen LogP contribution in [-0.2, 0) is 4.43 Å². The van der Waals surface area contributed by atoms with Crippen molar-refractivity contribution < 1.29 is 9.16 Å². The van der Waals surface area contributed by atoms with Gasteiger partial charge in [-0.05, 0) is 92.4 Å². The van der Waals surface area contributed by atoms with Crippen LogP contribution in [0.25, 0.3) is 5.70 Å². The van der Waals surface area contributed by atoms with E-state index in [1.807, 2.05) is 32.2 Å². The average molecular weight is 520 g/mol. The number of aromatic nitrogens is 1. The molecule has 1 radical (unpaired) electrons. The van der Waals surface area contributed by atoms with Gasteiger partial charge in [0.15, 0.2) is 0 Å². The number of hydrogen-bond donors (Lipinski definition) is 0. The third kappa shape index (κ3) is 7.03. The van der Waals surface area contributed by atoms with E-state index in [0.29, 0.717) is 11.3 Å². The molecule has 0 bridgehead atoms. The summed E-state index contributed by atoms with van der Waals surface area (Å²) in [5, 5.41) is 9.43. The van der Waals surface area contributed by atoms with Crippen molar-refractivity contribution in [3.05, 3.63) is 69.6 Å². The zero-order chi connectivity index (χ0) is 27.8. The van der Waals surface area contributed by atoms with Gasteiger partial charge in [0.25, 0.3) is 5.56 Å². The summed E-state index contributed by atoms with van der Waals surface area (Å²) < 4.78 is 14.2. The lowest BCUT2D eigenvalue weighted by atomic mass is 9.72. The van der Waals surface area contributed by atoms with Crippen molar-refractivity contribution in [3.63, 3.8) is 0 Å². The second kappa shape index (κ2) is 10.6. The summed E-state index contributed by atoms with van der Waals surface area (Å²) >= 11 is 0. The van der Waals surface area contributed by atoms with Gasteiger partial charge in [0.1, 0.15) is 11.4 Å². The second-order valence-corrected chi connectivity index (χ2v) is 15.2. The summed E-state index contributed by atoms with van der Waals surface area (Å²) in [4.78, 5) is 13.6. The summed E-state index contributed by atoms with van der Waals surface area (Å²) in [5.41, 5.74) is 2.47. The molecule has 1 aromatic heterocycles. The highest BCUT2D eigenvalue weighted by Gasteiger charge is 2.32. The van der Waals surface area contributed by atoms with Crippen molar-refractivity contribution in [2.45, 2.75) is 98.9 Å². The molecule has 2 atom stereocenters. The van der Waals surface area contributed by atoms with E-state index in [9.17, 15) is 10.1 Å². The molecule has 3 rings (SSSR count). The van der Waals surface area contributed by atoms with Gasteiger partial charge in [0.2, 0.25) is 9.04 Å². The van der Waals surface area contributed by atoms with Gasteiger partial charge in [-0.2, -0.15) is 5.26 Å². The van der Waals surface area contributed by atoms with Gasteiger partial charge in [-0.3, -0.25) is 9.36 Å². The zero-order valence-corrected chi connectivity index (χ0v) is 25.2. The molecule has 6 heteroatoms. The number of rotatable bonds is 7. The first-order valence-corrected chi connectivity index (χ1v) is 15.6. The highest BCUT2D eigenvalue weighted by atomic mass is 28.3. The van der Waals surface area contributed by atoms with Crippen LogP contribution < -0.4 is 10.3 Å². The Morgan fingerprint density at radius 2 is 1.73 bits per heavy atom. The molecule has 1 aliphatic heterocycles. The van der Waals surface area contributed by atoms with Crippen molar-refractivity contribution in [1.29, 1.82) is 5.26 Å². The smallest absolute Gasteiger partial charge is 0.255 e. The van der Waals surface area contributed by atoms with Crippen LogP contribution in [0.3, 0.4) is 0 Å². The molecular formula is C31H43N2O3Si. The monoisotopic (exact) mass is 519 g/mol. The maximum Gasteiger partial charge on any atom is 0.255 e. The van der Waals surface area contributed by atoms with E-state index in [1.165, 1.54) is 0 Å². The quantitative estimate of drug-likeness (QED) is 0.358. The van der Waals surface area contributed by atoms with Crippen LogP contribution in [-0.4, -0.2) is 25.3 Å². The fourth-order valence-corrected chi connectivity index (χ4v) is 6.13. The molecule has 0 N–H and O–H groups in total. The Morgan fingerprint density at radius 1 is 1.05 bits per heavy atom. The van der Waals surface area contributed by atoms with Crippen LogP contribution in [0.5, 0.6) is 5.75 Å². The van der Waals surface area contributed by atoms with Crippen LogP contribution in [0.15, 0.2) is 47.4 Å². The molecule has 0 saturated heterocycles. The molecule has 37 heavy (non-hydrogen) atoms. The first-order valence-electron chi connectivity index (χ1n) is 13.2. The third-order valence-corrected chi connectivity index (χ3v) is 7.71. The predicted molar refractivity (Wildman–Crippen MR) is 153 cm³/mol. The minimum atomic E-state index is -0.815. The number of nitriles is 1. The average Bonchev–Trinajstić information content (AvgIpc) is 2.75. The summed E-state index contributed by atoms with van der Waals surface area (Å²) in [7, 11) is -0.815. The van der Waals surface area contributed by atoms with Crippen molar-refractivity contribution in [2.24, 2.45) is 10.8 Å². The van der Waals surface area contributed by atoms with E-state index in [0.717, 1.165) is 29.7 Å². The summed E-state index contributed by atoms with van der Waals surface area (Å²) in [6.45, 7) is 21.8. The predicted octanol–water partition coefficient (Wildman–Crippen LogP) is 7.37. The highest BCUT2D eigenvalue weighted by Crippen LogP contribution is 2.41. The molecule has 1 aliphatic rings. The largest absolute Gasteiger partial charge is 0.483 e. The molecule has 2 unspecified atom stereocenters. The molecule has 199 valence electrons. The van der Waals surface area contributed by atoms with E-state index in [4.69, 9.17) is 9.16 Å². The standard InChI is InChI=1S/C31H43N2O3Si/c1-29(2,3)24(12-14-27(30(4,5)6)36-37(9)10)22-15-16-33(28(34)18-22)25-19-31(7,8)35-26-13-11-21(20-32)17-23(25)26/h11,13,15-19,24,27H,12,14H2,1-10H3.